The van der Waals surface area contributed by atoms with Gasteiger partial charge in [-0.25, -0.2) is 0 Å². The summed E-state index contributed by atoms with van der Waals surface area (Å²) in [6.07, 6.45) is 3.62. The zero-order chi connectivity index (χ0) is 16.1. The molecule has 1 heterocycles. The lowest BCUT2D eigenvalue weighted by Crippen LogP contribution is -1.84. The number of benzene rings is 2. The van der Waals surface area contributed by atoms with E-state index in [0.717, 1.165) is 21.1 Å². The largest absolute Gasteiger partial charge is 0.397 e. The van der Waals surface area contributed by atoms with Crippen molar-refractivity contribution in [3.63, 3.8) is 0 Å². The molecule has 0 saturated carbocycles. The van der Waals surface area contributed by atoms with Crippen molar-refractivity contribution in [2.75, 3.05) is 11.5 Å². The van der Waals surface area contributed by atoms with Crippen LogP contribution in [0.1, 0.15) is 9.75 Å². The zero-order valence-electron chi connectivity index (χ0n) is 12.4. The maximum atomic E-state index is 5.87. The van der Waals surface area contributed by atoms with Crippen LogP contribution in [0.4, 0.5) is 22.7 Å². The minimum Gasteiger partial charge on any atom is -0.397 e. The number of para-hydroxylation sites is 4. The van der Waals surface area contributed by atoms with Crippen molar-refractivity contribution >= 4 is 46.5 Å². The molecule has 0 unspecified atom stereocenters. The molecule has 5 heteroatoms. The van der Waals surface area contributed by atoms with Crippen LogP contribution in [-0.2, 0) is 0 Å². The Hall–Kier alpha value is -2.92. The number of nitrogens with two attached hydrogens (primary N) is 2. The van der Waals surface area contributed by atoms with E-state index in [-0.39, 0.29) is 0 Å². The van der Waals surface area contributed by atoms with Gasteiger partial charge in [0.2, 0.25) is 0 Å². The van der Waals surface area contributed by atoms with E-state index in [2.05, 4.69) is 9.98 Å². The van der Waals surface area contributed by atoms with Gasteiger partial charge >= 0.3 is 0 Å². The second-order valence-electron chi connectivity index (χ2n) is 4.87. The fourth-order valence-corrected chi connectivity index (χ4v) is 2.74. The van der Waals surface area contributed by atoms with E-state index >= 15 is 0 Å². The summed E-state index contributed by atoms with van der Waals surface area (Å²) in [6, 6.07) is 19.1. The maximum Gasteiger partial charge on any atom is 0.0859 e. The monoisotopic (exact) mass is 320 g/mol. The molecular formula is C18H16N4S. The van der Waals surface area contributed by atoms with E-state index in [1.54, 1.807) is 11.3 Å². The van der Waals surface area contributed by atoms with E-state index in [0.29, 0.717) is 11.4 Å². The SMILES string of the molecule is Nc1ccccc1N=Cc1ccc(C=Nc2ccccc2N)s1. The number of rotatable bonds is 4. The van der Waals surface area contributed by atoms with Crippen molar-refractivity contribution in [1.29, 1.82) is 0 Å². The smallest absolute Gasteiger partial charge is 0.0859 e. The van der Waals surface area contributed by atoms with Crippen molar-refractivity contribution in [3.05, 3.63) is 70.4 Å². The fraction of sp³-hybridized carbons (Fsp3) is 0. The summed E-state index contributed by atoms with van der Waals surface area (Å²) in [4.78, 5) is 10.9. The van der Waals surface area contributed by atoms with Gasteiger partial charge in [-0.3, -0.25) is 9.98 Å². The first-order valence-corrected chi connectivity index (χ1v) is 7.91. The zero-order valence-corrected chi connectivity index (χ0v) is 13.2. The Morgan fingerprint density at radius 1 is 0.652 bits per heavy atom. The van der Waals surface area contributed by atoms with E-state index in [9.17, 15) is 0 Å². The van der Waals surface area contributed by atoms with Gasteiger partial charge in [0.1, 0.15) is 0 Å². The maximum absolute atomic E-state index is 5.87. The molecule has 0 bridgehead atoms. The molecule has 0 fully saturated rings. The molecule has 0 saturated heterocycles. The number of nitrogen functional groups attached to an aromatic ring is 2. The Balaban J connectivity index is 1.74. The highest BCUT2D eigenvalue weighted by molar-refractivity contribution is 7.15. The number of hydrogen-bond donors (Lipinski definition) is 2. The number of thiophene rings is 1. The van der Waals surface area contributed by atoms with Crippen LogP contribution >= 0.6 is 11.3 Å². The Bertz CT molecular complexity index is 795. The fourth-order valence-electron chi connectivity index (χ4n) is 1.98. The molecule has 0 radical (unpaired) electrons. The Labute approximate surface area is 138 Å². The van der Waals surface area contributed by atoms with Gasteiger partial charge in [0, 0.05) is 22.2 Å². The summed E-state index contributed by atoms with van der Waals surface area (Å²) in [7, 11) is 0. The molecule has 23 heavy (non-hydrogen) atoms. The lowest BCUT2D eigenvalue weighted by atomic mass is 10.3. The van der Waals surface area contributed by atoms with Crippen molar-refractivity contribution in [1.82, 2.24) is 0 Å². The minimum absolute atomic E-state index is 0.668. The van der Waals surface area contributed by atoms with Crippen LogP contribution in [0.15, 0.2) is 70.6 Å². The van der Waals surface area contributed by atoms with Gasteiger partial charge in [0.05, 0.1) is 22.7 Å². The molecule has 3 aromatic rings. The average Bonchev–Trinajstić information content (AvgIpc) is 3.01. The molecule has 0 aliphatic heterocycles. The van der Waals surface area contributed by atoms with Gasteiger partial charge in [-0.15, -0.1) is 11.3 Å². The summed E-state index contributed by atoms with van der Waals surface area (Å²) in [6.45, 7) is 0. The third-order valence-electron chi connectivity index (χ3n) is 3.18. The summed E-state index contributed by atoms with van der Waals surface area (Å²) in [5, 5.41) is 0. The number of anilines is 2. The molecule has 0 amide bonds. The third kappa shape index (κ3) is 3.84. The van der Waals surface area contributed by atoms with Crippen LogP contribution in [0.5, 0.6) is 0 Å². The first-order valence-electron chi connectivity index (χ1n) is 7.09. The molecule has 0 aliphatic rings. The first kappa shape index (κ1) is 15.0. The molecule has 0 atom stereocenters. The predicted octanol–water partition coefficient (Wildman–Crippen LogP) is 4.41. The summed E-state index contributed by atoms with van der Waals surface area (Å²) in [5.41, 5.74) is 14.6. The first-order chi connectivity index (χ1) is 11.2. The van der Waals surface area contributed by atoms with Gasteiger partial charge in [-0.1, -0.05) is 24.3 Å². The highest BCUT2D eigenvalue weighted by Crippen LogP contribution is 2.23. The van der Waals surface area contributed by atoms with Crippen molar-refractivity contribution in [2.45, 2.75) is 0 Å². The summed E-state index contributed by atoms with van der Waals surface area (Å²) in [5.74, 6) is 0. The van der Waals surface area contributed by atoms with Crippen LogP contribution in [0.2, 0.25) is 0 Å². The van der Waals surface area contributed by atoms with E-state index < -0.39 is 0 Å². The molecule has 3 rings (SSSR count). The molecule has 114 valence electrons. The van der Waals surface area contributed by atoms with E-state index in [1.807, 2.05) is 73.1 Å². The average molecular weight is 320 g/mol. The topological polar surface area (TPSA) is 76.8 Å². The van der Waals surface area contributed by atoms with Gasteiger partial charge in [-0.2, -0.15) is 0 Å². The Kier molecular flexibility index (Phi) is 4.49. The van der Waals surface area contributed by atoms with Crippen LogP contribution in [0.3, 0.4) is 0 Å². The normalized spacial score (nSPS) is 11.5. The number of nitrogens with zero attached hydrogens (tertiary/aromatic N) is 2. The highest BCUT2D eigenvalue weighted by Gasteiger charge is 1.98. The molecule has 0 spiro atoms. The molecule has 4 nitrogen and oxygen atoms in total. The second-order valence-corrected chi connectivity index (χ2v) is 6.02. The van der Waals surface area contributed by atoms with Gasteiger partial charge < -0.3 is 11.5 Å². The lowest BCUT2D eigenvalue weighted by molar-refractivity contribution is 1.53. The molecular weight excluding hydrogens is 304 g/mol. The van der Waals surface area contributed by atoms with Crippen molar-refractivity contribution in [3.8, 4) is 0 Å². The van der Waals surface area contributed by atoms with Crippen LogP contribution < -0.4 is 11.5 Å². The summed E-state index contributed by atoms with van der Waals surface area (Å²) < 4.78 is 0. The molecule has 2 aromatic carbocycles. The Morgan fingerprint density at radius 2 is 1.09 bits per heavy atom. The van der Waals surface area contributed by atoms with Gasteiger partial charge in [-0.05, 0) is 36.4 Å². The Morgan fingerprint density at radius 3 is 1.52 bits per heavy atom. The predicted molar refractivity (Wildman–Crippen MR) is 101 cm³/mol. The number of hydrogen-bond acceptors (Lipinski definition) is 5. The van der Waals surface area contributed by atoms with Crippen molar-refractivity contribution in [2.24, 2.45) is 9.98 Å². The standard InChI is InChI=1S/C18H16N4S/c19-15-5-1-3-7-17(15)21-11-13-9-10-14(23-13)12-22-18-8-4-2-6-16(18)20/h1-12H,19-20H2. The van der Waals surface area contributed by atoms with Crippen LogP contribution in [-0.4, -0.2) is 12.4 Å². The molecule has 4 N–H and O–H groups in total. The van der Waals surface area contributed by atoms with Gasteiger partial charge in [0.15, 0.2) is 0 Å². The number of aliphatic imine (C=N–C) groups is 2. The van der Waals surface area contributed by atoms with Crippen molar-refractivity contribution < 1.29 is 0 Å². The van der Waals surface area contributed by atoms with Crippen LogP contribution in [0.25, 0.3) is 0 Å². The second kappa shape index (κ2) is 6.89. The third-order valence-corrected chi connectivity index (χ3v) is 4.14. The highest BCUT2D eigenvalue weighted by atomic mass is 32.1. The lowest BCUT2D eigenvalue weighted by Gasteiger charge is -1.97. The van der Waals surface area contributed by atoms with E-state index in [4.69, 9.17) is 11.5 Å². The minimum atomic E-state index is 0.668. The summed E-state index contributed by atoms with van der Waals surface area (Å²) >= 11 is 1.60. The quantitative estimate of drug-likeness (QED) is 0.551. The molecule has 1 aromatic heterocycles. The van der Waals surface area contributed by atoms with E-state index in [1.165, 1.54) is 0 Å². The molecule has 0 aliphatic carbocycles. The van der Waals surface area contributed by atoms with Gasteiger partial charge in [0.25, 0.3) is 0 Å². The van der Waals surface area contributed by atoms with Crippen LogP contribution in [0, 0.1) is 0 Å².